The average molecular weight is 301 g/mol. The maximum atomic E-state index is 12.4. The van der Waals surface area contributed by atoms with Crippen molar-refractivity contribution in [2.45, 2.75) is 38.0 Å². The minimum absolute atomic E-state index is 0.0205. The summed E-state index contributed by atoms with van der Waals surface area (Å²) in [6.45, 7) is 1.18. The van der Waals surface area contributed by atoms with E-state index in [1.165, 1.54) is 0 Å². The van der Waals surface area contributed by atoms with Crippen molar-refractivity contribution in [3.05, 3.63) is 48.0 Å². The Labute approximate surface area is 131 Å². The Hall–Kier alpha value is -2.10. The van der Waals surface area contributed by atoms with Crippen LogP contribution in [0.1, 0.15) is 43.6 Å². The van der Waals surface area contributed by atoms with Crippen molar-refractivity contribution in [2.75, 3.05) is 13.2 Å². The highest BCUT2D eigenvalue weighted by atomic mass is 16.5. The van der Waals surface area contributed by atoms with E-state index in [0.29, 0.717) is 13.2 Å². The van der Waals surface area contributed by atoms with Gasteiger partial charge in [-0.1, -0.05) is 48.9 Å². The lowest BCUT2D eigenvalue weighted by molar-refractivity contribution is -0.142. The van der Waals surface area contributed by atoms with E-state index in [1.54, 1.807) is 12.2 Å². The number of amides is 1. The Balaban J connectivity index is 2.10. The summed E-state index contributed by atoms with van der Waals surface area (Å²) in [6.07, 6.45) is 7.60. The molecule has 4 nitrogen and oxygen atoms in total. The molecule has 0 saturated heterocycles. The fourth-order valence-corrected chi connectivity index (χ4v) is 2.46. The fraction of sp³-hybridized carbons (Fsp3) is 0.444. The molecule has 1 atom stereocenters. The molecule has 118 valence electrons. The minimum Gasteiger partial charge on any atom is -0.465 e. The molecule has 1 aliphatic rings. The monoisotopic (exact) mass is 301 g/mol. The second kappa shape index (κ2) is 9.03. The third-order valence-electron chi connectivity index (χ3n) is 3.69. The van der Waals surface area contributed by atoms with Crippen molar-refractivity contribution < 1.29 is 14.3 Å². The highest BCUT2D eigenvalue weighted by molar-refractivity contribution is 5.85. The molecule has 1 aromatic rings. The minimum atomic E-state index is -0.364. The summed E-state index contributed by atoms with van der Waals surface area (Å²) >= 11 is 0. The van der Waals surface area contributed by atoms with Crippen LogP contribution in [0, 0.1) is 0 Å². The normalized spacial score (nSPS) is 23.0. The van der Waals surface area contributed by atoms with E-state index >= 15 is 0 Å². The van der Waals surface area contributed by atoms with E-state index in [4.69, 9.17) is 4.74 Å². The van der Waals surface area contributed by atoms with Gasteiger partial charge in [-0.25, -0.2) is 0 Å². The molecular formula is C18H23NO3. The van der Waals surface area contributed by atoms with Gasteiger partial charge in [-0.15, -0.1) is 0 Å². The number of esters is 1. The third kappa shape index (κ3) is 5.35. The number of carbonyl (C=O) groups is 2. The van der Waals surface area contributed by atoms with Crippen molar-refractivity contribution in [1.82, 2.24) is 5.32 Å². The zero-order valence-electron chi connectivity index (χ0n) is 12.8. The van der Waals surface area contributed by atoms with Crippen molar-refractivity contribution in [2.24, 2.45) is 0 Å². The summed E-state index contributed by atoms with van der Waals surface area (Å²) in [4.78, 5) is 24.0. The van der Waals surface area contributed by atoms with Gasteiger partial charge in [0.15, 0.2) is 0 Å². The maximum absolute atomic E-state index is 12.4. The molecule has 0 saturated carbocycles. The summed E-state index contributed by atoms with van der Waals surface area (Å²) in [5.41, 5.74) is 0.928. The van der Waals surface area contributed by atoms with Crippen molar-refractivity contribution >= 4 is 11.9 Å². The summed E-state index contributed by atoms with van der Waals surface area (Å²) in [6, 6.07) is 9.60. The van der Waals surface area contributed by atoms with Gasteiger partial charge in [0, 0.05) is 6.54 Å². The fourth-order valence-electron chi connectivity index (χ4n) is 2.46. The SMILES string of the molecule is O=C1C/C=C/C(c2ccccc2)C(=O)NCCCCCCO1. The van der Waals surface area contributed by atoms with E-state index < -0.39 is 0 Å². The topological polar surface area (TPSA) is 55.4 Å². The van der Waals surface area contributed by atoms with Gasteiger partial charge in [0.05, 0.1) is 18.9 Å². The van der Waals surface area contributed by atoms with Crippen LogP contribution < -0.4 is 5.32 Å². The molecule has 0 aromatic heterocycles. The van der Waals surface area contributed by atoms with Gasteiger partial charge in [0.1, 0.15) is 0 Å². The first-order valence-corrected chi connectivity index (χ1v) is 7.92. The number of nitrogens with one attached hydrogen (secondary N) is 1. The molecule has 1 N–H and O–H groups in total. The number of hydrogen-bond acceptors (Lipinski definition) is 3. The molecular weight excluding hydrogens is 278 g/mol. The number of benzene rings is 1. The van der Waals surface area contributed by atoms with E-state index in [2.05, 4.69) is 5.32 Å². The van der Waals surface area contributed by atoms with Gasteiger partial charge in [0.2, 0.25) is 5.91 Å². The number of ether oxygens (including phenoxy) is 1. The number of cyclic esters (lactones) is 1. The van der Waals surface area contributed by atoms with Crippen LogP contribution in [0.4, 0.5) is 0 Å². The second-order valence-electron chi connectivity index (χ2n) is 5.45. The number of rotatable bonds is 1. The van der Waals surface area contributed by atoms with Crippen LogP contribution >= 0.6 is 0 Å². The van der Waals surface area contributed by atoms with Gasteiger partial charge in [-0.05, 0) is 24.8 Å². The Kier molecular flexibility index (Phi) is 6.68. The molecule has 0 radical (unpaired) electrons. The zero-order chi connectivity index (χ0) is 15.6. The Morgan fingerprint density at radius 1 is 1.00 bits per heavy atom. The first-order valence-electron chi connectivity index (χ1n) is 7.92. The molecule has 0 spiro atoms. The van der Waals surface area contributed by atoms with Gasteiger partial charge >= 0.3 is 5.97 Å². The lowest BCUT2D eigenvalue weighted by atomic mass is 9.97. The van der Waals surface area contributed by atoms with E-state index in [-0.39, 0.29) is 24.2 Å². The molecule has 4 heteroatoms. The van der Waals surface area contributed by atoms with Crippen LogP contribution in [0.3, 0.4) is 0 Å². The average Bonchev–Trinajstić information content (AvgIpc) is 2.54. The number of hydrogen-bond donors (Lipinski definition) is 1. The van der Waals surface area contributed by atoms with E-state index in [1.807, 2.05) is 30.3 Å². The van der Waals surface area contributed by atoms with Crippen LogP contribution in [0.15, 0.2) is 42.5 Å². The lowest BCUT2D eigenvalue weighted by Gasteiger charge is -2.14. The van der Waals surface area contributed by atoms with Gasteiger partial charge < -0.3 is 10.1 Å². The maximum Gasteiger partial charge on any atom is 0.309 e. The Morgan fingerprint density at radius 3 is 2.59 bits per heavy atom. The highest BCUT2D eigenvalue weighted by Gasteiger charge is 2.17. The largest absolute Gasteiger partial charge is 0.465 e. The summed E-state index contributed by atoms with van der Waals surface area (Å²) in [5, 5.41) is 2.99. The predicted octanol–water partition coefficient (Wildman–Crippen LogP) is 2.95. The summed E-state index contributed by atoms with van der Waals surface area (Å²) in [7, 11) is 0. The quantitative estimate of drug-likeness (QED) is 0.641. The standard InChI is InChI=1S/C18H23NO3/c20-17-12-8-11-16(15-9-4-3-5-10-15)18(21)19-13-6-1-2-7-14-22-17/h3-5,8-11,16H,1-2,6-7,12-14H2,(H,19,21)/b11-8+. The first-order chi connectivity index (χ1) is 10.8. The van der Waals surface area contributed by atoms with Crippen LogP contribution in [0.25, 0.3) is 0 Å². The zero-order valence-corrected chi connectivity index (χ0v) is 12.8. The van der Waals surface area contributed by atoms with Crippen molar-refractivity contribution in [1.29, 1.82) is 0 Å². The molecule has 1 unspecified atom stereocenters. The van der Waals surface area contributed by atoms with Gasteiger partial charge in [0.25, 0.3) is 0 Å². The van der Waals surface area contributed by atoms with Crippen LogP contribution in [0.2, 0.25) is 0 Å². The molecule has 1 amide bonds. The molecule has 1 aromatic carbocycles. The van der Waals surface area contributed by atoms with Gasteiger partial charge in [-0.3, -0.25) is 9.59 Å². The summed E-state index contributed by atoms with van der Waals surface area (Å²) in [5.74, 6) is -0.620. The molecule has 0 bridgehead atoms. The smallest absolute Gasteiger partial charge is 0.309 e. The second-order valence-corrected chi connectivity index (χ2v) is 5.45. The highest BCUT2D eigenvalue weighted by Crippen LogP contribution is 2.18. The number of carbonyl (C=O) groups excluding carboxylic acids is 2. The molecule has 1 heterocycles. The summed E-state index contributed by atoms with van der Waals surface area (Å²) < 4.78 is 5.16. The van der Waals surface area contributed by atoms with Crippen molar-refractivity contribution in [3.8, 4) is 0 Å². The molecule has 0 fully saturated rings. The van der Waals surface area contributed by atoms with Crippen LogP contribution in [-0.2, 0) is 14.3 Å². The van der Waals surface area contributed by atoms with E-state index in [9.17, 15) is 9.59 Å². The third-order valence-corrected chi connectivity index (χ3v) is 3.69. The first kappa shape index (κ1) is 16.3. The van der Waals surface area contributed by atoms with Crippen LogP contribution in [0.5, 0.6) is 0 Å². The van der Waals surface area contributed by atoms with E-state index in [0.717, 1.165) is 31.2 Å². The molecule has 2 rings (SSSR count). The van der Waals surface area contributed by atoms with Gasteiger partial charge in [-0.2, -0.15) is 0 Å². The van der Waals surface area contributed by atoms with Crippen molar-refractivity contribution in [3.63, 3.8) is 0 Å². The molecule has 1 aliphatic heterocycles. The Morgan fingerprint density at radius 2 is 1.77 bits per heavy atom. The molecule has 0 aliphatic carbocycles. The lowest BCUT2D eigenvalue weighted by Crippen LogP contribution is -2.29. The molecule has 22 heavy (non-hydrogen) atoms. The van der Waals surface area contributed by atoms with Crippen LogP contribution in [-0.4, -0.2) is 25.0 Å². The Bertz CT molecular complexity index is 510. The predicted molar refractivity (Wildman–Crippen MR) is 85.4 cm³/mol.